The van der Waals surface area contributed by atoms with E-state index in [0.29, 0.717) is 30.2 Å². The van der Waals surface area contributed by atoms with Crippen molar-refractivity contribution >= 4 is 18.3 Å². The number of nitrogens with one attached hydrogen (secondary N) is 1. The number of carbonyl (C=O) groups excluding carboxylic acids is 1. The van der Waals surface area contributed by atoms with E-state index in [1.54, 1.807) is 0 Å². The number of hydrogen-bond acceptors (Lipinski definition) is 2. The fraction of sp³-hybridized carbons (Fsp3) is 0.933. The Labute approximate surface area is 123 Å². The van der Waals surface area contributed by atoms with E-state index in [9.17, 15) is 4.79 Å². The summed E-state index contributed by atoms with van der Waals surface area (Å²) in [5.41, 5.74) is 5.63. The minimum absolute atomic E-state index is 0. The van der Waals surface area contributed by atoms with Gasteiger partial charge in [-0.15, -0.1) is 12.4 Å². The summed E-state index contributed by atoms with van der Waals surface area (Å²) in [6.07, 6.45) is 6.09. The summed E-state index contributed by atoms with van der Waals surface area (Å²) in [4.78, 5) is 12.4. The van der Waals surface area contributed by atoms with Crippen LogP contribution in [0.1, 0.15) is 52.9 Å². The second-order valence-electron chi connectivity index (χ2n) is 6.99. The molecule has 0 spiro atoms. The van der Waals surface area contributed by atoms with Crippen LogP contribution in [-0.2, 0) is 4.79 Å². The first-order valence-corrected chi connectivity index (χ1v) is 7.49. The van der Waals surface area contributed by atoms with Crippen LogP contribution in [0.4, 0.5) is 0 Å². The number of carbonyl (C=O) groups is 1. The van der Waals surface area contributed by atoms with Crippen LogP contribution in [0.5, 0.6) is 0 Å². The summed E-state index contributed by atoms with van der Waals surface area (Å²) >= 11 is 0. The maximum Gasteiger partial charge on any atom is 0.224 e. The first-order chi connectivity index (χ1) is 8.47. The lowest BCUT2D eigenvalue weighted by Gasteiger charge is -2.31. The molecule has 0 saturated heterocycles. The number of amides is 1. The average Bonchev–Trinajstić information content (AvgIpc) is 3.01. The van der Waals surface area contributed by atoms with Crippen LogP contribution in [0, 0.1) is 23.7 Å². The minimum Gasteiger partial charge on any atom is -0.349 e. The molecule has 19 heavy (non-hydrogen) atoms. The lowest BCUT2D eigenvalue weighted by atomic mass is 9.90. The smallest absolute Gasteiger partial charge is 0.224 e. The van der Waals surface area contributed by atoms with Gasteiger partial charge in [-0.2, -0.15) is 0 Å². The molecule has 0 aromatic rings. The predicted octanol–water partition coefficient (Wildman–Crippen LogP) is 2.72. The number of nitrogens with two attached hydrogens (primary N) is 1. The van der Waals surface area contributed by atoms with Crippen LogP contribution in [0.2, 0.25) is 0 Å². The van der Waals surface area contributed by atoms with Gasteiger partial charge in [0.2, 0.25) is 5.91 Å². The Morgan fingerprint density at radius 3 is 2.26 bits per heavy atom. The Kier molecular flexibility index (Phi) is 5.69. The van der Waals surface area contributed by atoms with E-state index in [0.717, 1.165) is 6.42 Å². The summed E-state index contributed by atoms with van der Waals surface area (Å²) in [5.74, 6) is 2.48. The normalized spacial score (nSPS) is 31.9. The topological polar surface area (TPSA) is 55.1 Å². The summed E-state index contributed by atoms with van der Waals surface area (Å²) < 4.78 is 0. The second-order valence-corrected chi connectivity index (χ2v) is 6.99. The van der Waals surface area contributed by atoms with Gasteiger partial charge in [-0.1, -0.05) is 26.7 Å². The highest BCUT2D eigenvalue weighted by Gasteiger charge is 2.55. The van der Waals surface area contributed by atoms with Crippen LogP contribution >= 0.6 is 12.4 Å². The molecule has 1 amide bonds. The van der Waals surface area contributed by atoms with Gasteiger partial charge in [0.1, 0.15) is 0 Å². The summed E-state index contributed by atoms with van der Waals surface area (Å²) in [7, 11) is 0. The van der Waals surface area contributed by atoms with Crippen molar-refractivity contribution < 1.29 is 4.79 Å². The molecule has 2 saturated carbocycles. The molecule has 2 fully saturated rings. The maximum absolute atomic E-state index is 12.4. The molecule has 112 valence electrons. The molecule has 2 aliphatic carbocycles. The molecule has 4 heteroatoms. The van der Waals surface area contributed by atoms with Crippen LogP contribution in [0.3, 0.4) is 0 Å². The van der Waals surface area contributed by atoms with E-state index in [-0.39, 0.29) is 23.9 Å². The van der Waals surface area contributed by atoms with Gasteiger partial charge in [-0.25, -0.2) is 0 Å². The lowest BCUT2D eigenvalue weighted by Crippen LogP contribution is -2.52. The van der Waals surface area contributed by atoms with Crippen molar-refractivity contribution in [3.8, 4) is 0 Å². The number of halogens is 1. The van der Waals surface area contributed by atoms with Crippen molar-refractivity contribution in [3.63, 3.8) is 0 Å². The Balaban J connectivity index is 0.00000180. The predicted molar refractivity (Wildman–Crippen MR) is 81.2 cm³/mol. The summed E-state index contributed by atoms with van der Waals surface area (Å²) in [5, 5.41) is 3.23. The van der Waals surface area contributed by atoms with E-state index in [4.69, 9.17) is 5.73 Å². The second kappa shape index (κ2) is 6.45. The highest BCUT2D eigenvalue weighted by Crippen LogP contribution is 2.55. The van der Waals surface area contributed by atoms with Gasteiger partial charge in [-0.05, 0) is 43.9 Å². The molecule has 0 aromatic heterocycles. The quantitative estimate of drug-likeness (QED) is 0.817. The minimum atomic E-state index is -0.225. The van der Waals surface area contributed by atoms with Crippen LogP contribution in [-0.4, -0.2) is 18.0 Å². The highest BCUT2D eigenvalue weighted by atomic mass is 35.5. The molecule has 2 rings (SSSR count). The standard InChI is InChI=1S/C15H28N2O.ClH/c1-10(2)8-15(3,9-16)17-14(18)13-11-6-4-5-7-12(11)13;/h10-13H,4-9,16H2,1-3H3,(H,17,18);1H. The van der Waals surface area contributed by atoms with E-state index in [2.05, 4.69) is 26.1 Å². The lowest BCUT2D eigenvalue weighted by molar-refractivity contribution is -0.124. The van der Waals surface area contributed by atoms with E-state index in [1.165, 1.54) is 25.7 Å². The SMILES string of the molecule is CC(C)CC(C)(CN)NC(=O)C1C2CCCCC21.Cl. The van der Waals surface area contributed by atoms with Gasteiger partial charge < -0.3 is 11.1 Å². The Morgan fingerprint density at radius 1 is 1.32 bits per heavy atom. The molecule has 2 aliphatic rings. The first-order valence-electron chi connectivity index (χ1n) is 7.49. The van der Waals surface area contributed by atoms with Crippen molar-refractivity contribution in [2.24, 2.45) is 29.4 Å². The van der Waals surface area contributed by atoms with Gasteiger partial charge in [0.25, 0.3) is 0 Å². The van der Waals surface area contributed by atoms with Gasteiger partial charge in [0.05, 0.1) is 0 Å². The van der Waals surface area contributed by atoms with E-state index in [1.807, 2.05) is 0 Å². The average molecular weight is 289 g/mol. The Bertz CT molecular complexity index is 309. The van der Waals surface area contributed by atoms with Crippen LogP contribution in [0.25, 0.3) is 0 Å². The van der Waals surface area contributed by atoms with Crippen molar-refractivity contribution in [3.05, 3.63) is 0 Å². The Morgan fingerprint density at radius 2 is 1.84 bits per heavy atom. The van der Waals surface area contributed by atoms with E-state index >= 15 is 0 Å². The molecule has 0 bridgehead atoms. The van der Waals surface area contributed by atoms with Crippen molar-refractivity contribution in [1.82, 2.24) is 5.32 Å². The zero-order valence-corrected chi connectivity index (χ0v) is 13.3. The first kappa shape index (κ1) is 16.8. The molecule has 3 atom stereocenters. The van der Waals surface area contributed by atoms with Crippen LogP contribution < -0.4 is 11.1 Å². The van der Waals surface area contributed by atoms with Gasteiger partial charge in [0, 0.05) is 18.0 Å². The maximum atomic E-state index is 12.4. The molecular weight excluding hydrogens is 260 g/mol. The number of rotatable bonds is 5. The molecule has 0 aliphatic heterocycles. The molecule has 0 aromatic carbocycles. The molecule has 0 radical (unpaired) electrons. The van der Waals surface area contributed by atoms with Gasteiger partial charge >= 0.3 is 0 Å². The molecule has 3 N–H and O–H groups in total. The third-order valence-electron chi connectivity index (χ3n) is 4.69. The van der Waals surface area contributed by atoms with Gasteiger partial charge in [0.15, 0.2) is 0 Å². The van der Waals surface area contributed by atoms with E-state index < -0.39 is 0 Å². The third-order valence-corrected chi connectivity index (χ3v) is 4.69. The van der Waals surface area contributed by atoms with Crippen molar-refractivity contribution in [2.45, 2.75) is 58.4 Å². The van der Waals surface area contributed by atoms with Gasteiger partial charge in [-0.3, -0.25) is 4.79 Å². The fourth-order valence-corrected chi connectivity index (χ4v) is 3.85. The molecule has 3 nitrogen and oxygen atoms in total. The Hall–Kier alpha value is -0.280. The molecular formula is C15H29ClN2O. The molecule has 0 heterocycles. The number of hydrogen-bond donors (Lipinski definition) is 2. The largest absolute Gasteiger partial charge is 0.349 e. The highest BCUT2D eigenvalue weighted by molar-refractivity contribution is 5.85. The van der Waals surface area contributed by atoms with Crippen LogP contribution in [0.15, 0.2) is 0 Å². The fourth-order valence-electron chi connectivity index (χ4n) is 3.85. The summed E-state index contributed by atoms with van der Waals surface area (Å²) in [6.45, 7) is 6.96. The monoisotopic (exact) mass is 288 g/mol. The van der Waals surface area contributed by atoms with Crippen molar-refractivity contribution in [2.75, 3.05) is 6.54 Å². The third kappa shape index (κ3) is 3.85. The molecule has 3 unspecified atom stereocenters. The zero-order valence-electron chi connectivity index (χ0n) is 12.4. The number of fused-ring (bicyclic) bond motifs is 1. The van der Waals surface area contributed by atoms with Crippen molar-refractivity contribution in [1.29, 1.82) is 0 Å². The zero-order chi connectivity index (χ0) is 13.3. The summed E-state index contributed by atoms with van der Waals surface area (Å²) in [6, 6.07) is 0.